The fourth-order valence-corrected chi connectivity index (χ4v) is 2.01. The van der Waals surface area contributed by atoms with Crippen molar-refractivity contribution in [1.82, 2.24) is 15.5 Å². The summed E-state index contributed by atoms with van der Waals surface area (Å²) in [5, 5.41) is 15.4. The lowest BCUT2D eigenvalue weighted by atomic mass is 10.0. The Balaban J connectivity index is 2.03. The molecule has 0 spiro atoms. The number of amides is 1. The van der Waals surface area contributed by atoms with Crippen molar-refractivity contribution in [3.63, 3.8) is 0 Å². The highest BCUT2D eigenvalue weighted by atomic mass is 16.5. The van der Waals surface area contributed by atoms with Gasteiger partial charge in [0.1, 0.15) is 11.8 Å². The third kappa shape index (κ3) is 4.55. The molecule has 0 aliphatic heterocycles. The van der Waals surface area contributed by atoms with E-state index in [1.165, 1.54) is 6.07 Å². The maximum absolute atomic E-state index is 12.2. The van der Waals surface area contributed by atoms with Crippen LogP contribution in [0.2, 0.25) is 0 Å². The average molecular weight is 333 g/mol. The molecule has 8 nitrogen and oxygen atoms in total. The zero-order chi connectivity index (χ0) is 17.7. The van der Waals surface area contributed by atoms with Gasteiger partial charge in [0.2, 0.25) is 11.7 Å². The molecule has 128 valence electrons. The van der Waals surface area contributed by atoms with E-state index in [0.717, 1.165) is 0 Å². The van der Waals surface area contributed by atoms with Gasteiger partial charge in [0.05, 0.1) is 0 Å². The summed E-state index contributed by atoms with van der Waals surface area (Å²) in [5.74, 6) is -0.493. The zero-order valence-electron chi connectivity index (χ0n) is 13.6. The minimum Gasteiger partial charge on any atom is -0.485 e. The molecule has 0 fully saturated rings. The summed E-state index contributed by atoms with van der Waals surface area (Å²) >= 11 is 0. The molecule has 0 saturated carbocycles. The number of benzene rings is 1. The number of nitrogens with one attached hydrogen (secondary N) is 1. The van der Waals surface area contributed by atoms with Gasteiger partial charge in [0, 0.05) is 12.5 Å². The molecule has 0 aliphatic carbocycles. The fraction of sp³-hybridized carbons (Fsp3) is 0.375. The summed E-state index contributed by atoms with van der Waals surface area (Å²) in [6.07, 6.45) is 0. The number of ether oxygens (including phenoxy) is 1. The number of carboxylic acid groups (broad SMARTS) is 1. The van der Waals surface area contributed by atoms with E-state index in [4.69, 9.17) is 14.4 Å². The topological polar surface area (TPSA) is 115 Å². The van der Waals surface area contributed by atoms with Crippen molar-refractivity contribution in [3.8, 4) is 5.75 Å². The summed E-state index contributed by atoms with van der Waals surface area (Å²) in [7, 11) is 0. The van der Waals surface area contributed by atoms with Crippen molar-refractivity contribution >= 4 is 11.9 Å². The molecule has 8 heteroatoms. The lowest BCUT2D eigenvalue weighted by Gasteiger charge is -2.18. The van der Waals surface area contributed by atoms with Crippen LogP contribution in [-0.2, 0) is 11.4 Å². The van der Waals surface area contributed by atoms with E-state index >= 15 is 0 Å². The SMILES string of the molecule is Cc1nc(COc2cccc(C(=O)N[C@@H](C(=O)O)C(C)C)c2)no1. The molecular weight excluding hydrogens is 314 g/mol. The molecule has 1 heterocycles. The van der Waals surface area contributed by atoms with Crippen molar-refractivity contribution in [2.45, 2.75) is 33.4 Å². The number of hydrogen-bond acceptors (Lipinski definition) is 6. The predicted molar refractivity (Wildman–Crippen MR) is 83.5 cm³/mol. The number of aliphatic carboxylic acids is 1. The Kier molecular flexibility index (Phi) is 5.51. The number of hydrogen-bond donors (Lipinski definition) is 2. The van der Waals surface area contributed by atoms with Crippen molar-refractivity contribution in [1.29, 1.82) is 0 Å². The Hall–Kier alpha value is -2.90. The van der Waals surface area contributed by atoms with Crippen LogP contribution >= 0.6 is 0 Å². The Labute approximate surface area is 138 Å². The van der Waals surface area contributed by atoms with Gasteiger partial charge in [0.15, 0.2) is 6.61 Å². The second kappa shape index (κ2) is 7.58. The van der Waals surface area contributed by atoms with Crippen LogP contribution in [0.1, 0.15) is 35.9 Å². The highest BCUT2D eigenvalue weighted by Gasteiger charge is 2.24. The largest absolute Gasteiger partial charge is 0.485 e. The minimum absolute atomic E-state index is 0.103. The monoisotopic (exact) mass is 333 g/mol. The lowest BCUT2D eigenvalue weighted by Crippen LogP contribution is -2.44. The molecule has 1 atom stereocenters. The highest BCUT2D eigenvalue weighted by molar-refractivity contribution is 5.96. The van der Waals surface area contributed by atoms with Crippen LogP contribution in [0.5, 0.6) is 5.75 Å². The number of nitrogens with zero attached hydrogens (tertiary/aromatic N) is 2. The second-order valence-corrected chi connectivity index (χ2v) is 5.58. The van der Waals surface area contributed by atoms with Gasteiger partial charge >= 0.3 is 5.97 Å². The van der Waals surface area contributed by atoms with Crippen LogP contribution in [0.4, 0.5) is 0 Å². The summed E-state index contributed by atoms with van der Waals surface area (Å²) < 4.78 is 10.4. The van der Waals surface area contributed by atoms with Crippen LogP contribution in [0.25, 0.3) is 0 Å². The molecule has 2 rings (SSSR count). The van der Waals surface area contributed by atoms with E-state index in [-0.39, 0.29) is 12.5 Å². The third-order valence-electron chi connectivity index (χ3n) is 3.25. The van der Waals surface area contributed by atoms with Gasteiger partial charge in [-0.1, -0.05) is 25.1 Å². The molecule has 0 bridgehead atoms. The fourth-order valence-electron chi connectivity index (χ4n) is 2.01. The summed E-state index contributed by atoms with van der Waals surface area (Å²) in [6, 6.07) is 5.49. The quantitative estimate of drug-likeness (QED) is 0.794. The number of rotatable bonds is 7. The average Bonchev–Trinajstić information content (AvgIpc) is 2.95. The van der Waals surface area contributed by atoms with Crippen LogP contribution < -0.4 is 10.1 Å². The molecule has 2 aromatic rings. The summed E-state index contributed by atoms with van der Waals surface area (Å²) in [4.78, 5) is 27.4. The van der Waals surface area contributed by atoms with E-state index in [1.807, 2.05) is 0 Å². The first kappa shape index (κ1) is 17.5. The Morgan fingerprint density at radius 2 is 2.12 bits per heavy atom. The number of carbonyl (C=O) groups is 2. The smallest absolute Gasteiger partial charge is 0.326 e. The van der Waals surface area contributed by atoms with Gasteiger partial charge in [-0.05, 0) is 24.1 Å². The van der Waals surface area contributed by atoms with Crippen molar-refractivity contribution in [2.75, 3.05) is 0 Å². The van der Waals surface area contributed by atoms with E-state index in [9.17, 15) is 9.59 Å². The van der Waals surface area contributed by atoms with Crippen molar-refractivity contribution < 1.29 is 24.0 Å². The number of aromatic nitrogens is 2. The maximum Gasteiger partial charge on any atom is 0.326 e. The molecule has 0 aliphatic rings. The van der Waals surface area contributed by atoms with Crippen LogP contribution in [-0.4, -0.2) is 33.2 Å². The summed E-state index contributed by atoms with van der Waals surface area (Å²) in [5.41, 5.74) is 0.309. The maximum atomic E-state index is 12.2. The zero-order valence-corrected chi connectivity index (χ0v) is 13.6. The standard InChI is InChI=1S/C16H19N3O5/c1-9(2)14(16(21)22)18-15(20)11-5-4-6-12(7-11)23-8-13-17-10(3)24-19-13/h4-7,9,14H,8H2,1-3H3,(H,18,20)(H,21,22)/t14-/m1/s1. The number of carbonyl (C=O) groups excluding carboxylic acids is 1. The molecular formula is C16H19N3O5. The van der Waals surface area contributed by atoms with E-state index in [1.54, 1.807) is 39.0 Å². The first-order valence-corrected chi connectivity index (χ1v) is 7.42. The van der Waals surface area contributed by atoms with E-state index in [0.29, 0.717) is 23.0 Å². The molecule has 24 heavy (non-hydrogen) atoms. The molecule has 1 amide bonds. The molecule has 0 unspecified atom stereocenters. The van der Waals surface area contributed by atoms with Crippen LogP contribution in [0.3, 0.4) is 0 Å². The van der Waals surface area contributed by atoms with Gasteiger partial charge in [-0.25, -0.2) is 4.79 Å². The number of carboxylic acids is 1. The van der Waals surface area contributed by atoms with E-state index < -0.39 is 17.9 Å². The first-order chi connectivity index (χ1) is 11.4. The van der Waals surface area contributed by atoms with Crippen LogP contribution in [0.15, 0.2) is 28.8 Å². The molecule has 0 saturated heterocycles. The number of aryl methyl sites for hydroxylation is 1. The van der Waals surface area contributed by atoms with Gasteiger partial charge in [0.25, 0.3) is 5.91 Å². The predicted octanol–water partition coefficient (Wildman–Crippen LogP) is 1.80. The minimum atomic E-state index is -1.07. The Morgan fingerprint density at radius 3 is 2.71 bits per heavy atom. The first-order valence-electron chi connectivity index (χ1n) is 7.42. The summed E-state index contributed by atoms with van der Waals surface area (Å²) in [6.45, 7) is 5.23. The molecule has 1 aromatic heterocycles. The van der Waals surface area contributed by atoms with Crippen LogP contribution in [0, 0.1) is 12.8 Å². The normalized spacial score (nSPS) is 12.0. The van der Waals surface area contributed by atoms with Crippen molar-refractivity contribution in [3.05, 3.63) is 41.5 Å². The van der Waals surface area contributed by atoms with Gasteiger partial charge in [-0.2, -0.15) is 4.98 Å². The molecule has 1 aromatic carbocycles. The van der Waals surface area contributed by atoms with E-state index in [2.05, 4.69) is 15.5 Å². The molecule has 2 N–H and O–H groups in total. The second-order valence-electron chi connectivity index (χ2n) is 5.58. The van der Waals surface area contributed by atoms with Crippen molar-refractivity contribution in [2.24, 2.45) is 5.92 Å². The van der Waals surface area contributed by atoms with Gasteiger partial charge in [-0.15, -0.1) is 0 Å². The lowest BCUT2D eigenvalue weighted by molar-refractivity contribution is -0.140. The molecule has 0 radical (unpaired) electrons. The third-order valence-corrected chi connectivity index (χ3v) is 3.25. The van der Waals surface area contributed by atoms with Gasteiger partial charge < -0.3 is 19.7 Å². The Morgan fingerprint density at radius 1 is 1.38 bits per heavy atom. The Bertz CT molecular complexity index is 726. The van der Waals surface area contributed by atoms with Gasteiger partial charge in [-0.3, -0.25) is 4.79 Å². The highest BCUT2D eigenvalue weighted by Crippen LogP contribution is 2.15.